The van der Waals surface area contributed by atoms with Gasteiger partial charge in [0.15, 0.2) is 11.6 Å². The van der Waals surface area contributed by atoms with Crippen LogP contribution in [-0.4, -0.2) is 44.1 Å². The van der Waals surface area contributed by atoms with Gasteiger partial charge in [-0.15, -0.1) is 0 Å². The highest BCUT2D eigenvalue weighted by molar-refractivity contribution is 5.94. The van der Waals surface area contributed by atoms with Crippen LogP contribution in [0.2, 0.25) is 0 Å². The molecule has 1 heterocycles. The molecule has 1 aromatic rings. The molecule has 2 rings (SSSR count). The number of rotatable bonds is 3. The second-order valence-electron chi connectivity index (χ2n) is 4.73. The number of carbonyl (C=O) groups is 1. The Kier molecular flexibility index (Phi) is 4.37. The van der Waals surface area contributed by atoms with Crippen molar-refractivity contribution in [1.29, 1.82) is 0 Å². The lowest BCUT2D eigenvalue weighted by Gasteiger charge is -2.32. The first kappa shape index (κ1) is 13.8. The number of likely N-dealkylation sites (tertiary alicyclic amines) is 1. The first-order valence-corrected chi connectivity index (χ1v) is 6.45. The highest BCUT2D eigenvalue weighted by atomic mass is 19.1. The number of nitrogens with one attached hydrogen (secondary N) is 1. The fourth-order valence-corrected chi connectivity index (χ4v) is 2.37. The van der Waals surface area contributed by atoms with Gasteiger partial charge in [0.05, 0.1) is 7.11 Å². The third-order valence-electron chi connectivity index (χ3n) is 3.51. The number of ether oxygens (including phenoxy) is 1. The third kappa shape index (κ3) is 3.04. The van der Waals surface area contributed by atoms with Gasteiger partial charge >= 0.3 is 0 Å². The molecule has 104 valence electrons. The molecule has 0 aliphatic carbocycles. The number of likely N-dealkylation sites (N-methyl/N-ethyl adjacent to an activating group) is 1. The van der Waals surface area contributed by atoms with Crippen molar-refractivity contribution in [2.75, 3.05) is 27.2 Å². The van der Waals surface area contributed by atoms with E-state index in [9.17, 15) is 9.18 Å². The Balaban J connectivity index is 2.14. The summed E-state index contributed by atoms with van der Waals surface area (Å²) in [5.41, 5.74) is 0.468. The maximum absolute atomic E-state index is 13.3. The molecule has 19 heavy (non-hydrogen) atoms. The molecule has 1 aliphatic heterocycles. The van der Waals surface area contributed by atoms with E-state index < -0.39 is 5.82 Å². The van der Waals surface area contributed by atoms with Crippen LogP contribution < -0.4 is 10.1 Å². The van der Waals surface area contributed by atoms with Crippen molar-refractivity contribution in [2.24, 2.45) is 0 Å². The number of nitrogens with zero attached hydrogens (tertiary/aromatic N) is 1. The van der Waals surface area contributed by atoms with E-state index in [0.29, 0.717) is 18.2 Å². The molecular formula is C14H19FN2O2. The number of methoxy groups -OCH3 is 1. The van der Waals surface area contributed by atoms with E-state index in [-0.39, 0.29) is 11.7 Å². The van der Waals surface area contributed by atoms with Crippen LogP contribution in [0, 0.1) is 5.82 Å². The molecular weight excluding hydrogens is 247 g/mol. The average molecular weight is 266 g/mol. The zero-order valence-electron chi connectivity index (χ0n) is 11.3. The Labute approximate surface area is 112 Å². The van der Waals surface area contributed by atoms with Gasteiger partial charge in [0.2, 0.25) is 0 Å². The van der Waals surface area contributed by atoms with Gasteiger partial charge in [-0.25, -0.2) is 4.39 Å². The molecule has 0 saturated carbocycles. The van der Waals surface area contributed by atoms with Crippen LogP contribution in [0.4, 0.5) is 4.39 Å². The quantitative estimate of drug-likeness (QED) is 0.904. The van der Waals surface area contributed by atoms with E-state index in [1.54, 1.807) is 4.90 Å². The molecule has 1 N–H and O–H groups in total. The number of piperidine rings is 1. The number of amides is 1. The molecule has 1 fully saturated rings. The summed E-state index contributed by atoms with van der Waals surface area (Å²) in [4.78, 5) is 14.2. The molecule has 5 heteroatoms. The summed E-state index contributed by atoms with van der Waals surface area (Å²) in [6.07, 6.45) is 2.06. The van der Waals surface area contributed by atoms with Crippen molar-refractivity contribution in [3.8, 4) is 5.75 Å². The molecule has 1 aromatic carbocycles. The SMILES string of the molecule is CNC1CCCN(C(=O)c2ccc(F)c(OC)c2)C1. The maximum atomic E-state index is 13.3. The fraction of sp³-hybridized carbons (Fsp3) is 0.500. The third-order valence-corrected chi connectivity index (χ3v) is 3.51. The molecule has 0 spiro atoms. The summed E-state index contributed by atoms with van der Waals surface area (Å²) < 4.78 is 18.2. The van der Waals surface area contributed by atoms with Crippen molar-refractivity contribution in [3.05, 3.63) is 29.6 Å². The van der Waals surface area contributed by atoms with Crippen molar-refractivity contribution in [2.45, 2.75) is 18.9 Å². The molecule has 4 nitrogen and oxygen atoms in total. The Morgan fingerprint density at radius 3 is 3.00 bits per heavy atom. The van der Waals surface area contributed by atoms with Crippen molar-refractivity contribution in [3.63, 3.8) is 0 Å². The summed E-state index contributed by atoms with van der Waals surface area (Å²) in [6, 6.07) is 4.56. The molecule has 0 bridgehead atoms. The maximum Gasteiger partial charge on any atom is 0.254 e. The molecule has 1 saturated heterocycles. The van der Waals surface area contributed by atoms with Crippen LogP contribution in [-0.2, 0) is 0 Å². The summed E-state index contributed by atoms with van der Waals surface area (Å²) in [7, 11) is 3.30. The van der Waals surface area contributed by atoms with Gasteiger partial charge in [-0.1, -0.05) is 0 Å². The molecule has 0 aromatic heterocycles. The summed E-state index contributed by atoms with van der Waals surface area (Å²) in [5, 5.41) is 3.19. The molecule has 1 unspecified atom stereocenters. The number of halogens is 1. The van der Waals surface area contributed by atoms with Crippen LogP contribution >= 0.6 is 0 Å². The van der Waals surface area contributed by atoms with E-state index in [2.05, 4.69) is 5.32 Å². The second-order valence-corrected chi connectivity index (χ2v) is 4.73. The number of carbonyl (C=O) groups excluding carboxylic acids is 1. The Bertz CT molecular complexity index is 465. The zero-order valence-corrected chi connectivity index (χ0v) is 11.3. The molecule has 0 radical (unpaired) electrons. The van der Waals surface area contributed by atoms with Crippen LogP contribution in [0.1, 0.15) is 23.2 Å². The van der Waals surface area contributed by atoms with Gasteiger partial charge in [0.1, 0.15) is 0 Å². The average Bonchev–Trinajstić information content (AvgIpc) is 2.47. The molecule has 1 amide bonds. The fourth-order valence-electron chi connectivity index (χ4n) is 2.37. The zero-order chi connectivity index (χ0) is 13.8. The van der Waals surface area contributed by atoms with E-state index in [4.69, 9.17) is 4.74 Å². The highest BCUT2D eigenvalue weighted by Crippen LogP contribution is 2.20. The summed E-state index contributed by atoms with van der Waals surface area (Å²) in [6.45, 7) is 1.44. The van der Waals surface area contributed by atoms with Crippen LogP contribution in [0.3, 0.4) is 0 Å². The molecule has 1 aliphatic rings. The lowest BCUT2D eigenvalue weighted by atomic mass is 10.0. The van der Waals surface area contributed by atoms with E-state index in [1.807, 2.05) is 7.05 Å². The number of hydrogen-bond acceptors (Lipinski definition) is 3. The smallest absolute Gasteiger partial charge is 0.254 e. The largest absolute Gasteiger partial charge is 0.494 e. The van der Waals surface area contributed by atoms with Gasteiger partial charge < -0.3 is 15.0 Å². The topological polar surface area (TPSA) is 41.6 Å². The van der Waals surface area contributed by atoms with Gasteiger partial charge in [0.25, 0.3) is 5.91 Å². The van der Waals surface area contributed by atoms with Crippen LogP contribution in [0.25, 0.3) is 0 Å². The highest BCUT2D eigenvalue weighted by Gasteiger charge is 2.24. The van der Waals surface area contributed by atoms with Crippen molar-refractivity contribution in [1.82, 2.24) is 10.2 Å². The minimum absolute atomic E-state index is 0.0711. The normalized spacial score (nSPS) is 19.3. The predicted molar refractivity (Wildman–Crippen MR) is 70.9 cm³/mol. The number of benzene rings is 1. The first-order chi connectivity index (χ1) is 9.15. The van der Waals surface area contributed by atoms with Gasteiger partial charge in [0, 0.05) is 24.7 Å². The van der Waals surface area contributed by atoms with Gasteiger partial charge in [-0.3, -0.25) is 4.79 Å². The van der Waals surface area contributed by atoms with Gasteiger partial charge in [-0.05, 0) is 38.1 Å². The monoisotopic (exact) mass is 266 g/mol. The van der Waals surface area contributed by atoms with E-state index >= 15 is 0 Å². The lowest BCUT2D eigenvalue weighted by molar-refractivity contribution is 0.0697. The van der Waals surface area contributed by atoms with Gasteiger partial charge in [-0.2, -0.15) is 0 Å². The Morgan fingerprint density at radius 2 is 2.32 bits per heavy atom. The minimum atomic E-state index is -0.453. The Morgan fingerprint density at radius 1 is 1.53 bits per heavy atom. The Hall–Kier alpha value is -1.62. The van der Waals surface area contributed by atoms with E-state index in [0.717, 1.165) is 19.4 Å². The standard InChI is InChI=1S/C14H19FN2O2/c1-16-11-4-3-7-17(9-11)14(18)10-5-6-12(15)13(8-10)19-2/h5-6,8,11,16H,3-4,7,9H2,1-2H3. The predicted octanol–water partition coefficient (Wildman–Crippen LogP) is 1.66. The van der Waals surface area contributed by atoms with Crippen molar-refractivity contribution >= 4 is 5.91 Å². The minimum Gasteiger partial charge on any atom is -0.494 e. The first-order valence-electron chi connectivity index (χ1n) is 6.45. The lowest BCUT2D eigenvalue weighted by Crippen LogP contribution is -2.46. The summed E-state index contributed by atoms with van der Waals surface area (Å²) >= 11 is 0. The van der Waals surface area contributed by atoms with Crippen LogP contribution in [0.15, 0.2) is 18.2 Å². The van der Waals surface area contributed by atoms with Crippen LogP contribution in [0.5, 0.6) is 5.75 Å². The second kappa shape index (κ2) is 6.02. The van der Waals surface area contributed by atoms with Crippen molar-refractivity contribution < 1.29 is 13.9 Å². The number of hydrogen-bond donors (Lipinski definition) is 1. The summed E-state index contributed by atoms with van der Waals surface area (Å²) in [5.74, 6) is -0.419. The molecule has 1 atom stereocenters. The van der Waals surface area contributed by atoms with E-state index in [1.165, 1.54) is 25.3 Å².